The van der Waals surface area contributed by atoms with Gasteiger partial charge in [0.05, 0.1) is 0 Å². The number of hydrogen-bond donors (Lipinski definition) is 0. The van der Waals surface area contributed by atoms with Crippen LogP contribution in [0.3, 0.4) is 0 Å². The largest absolute Gasteiger partial charge is 0.444 e. The Labute approximate surface area is 62.8 Å². The molecule has 0 bridgehead atoms. The second kappa shape index (κ2) is 2.35. The summed E-state index contributed by atoms with van der Waals surface area (Å²) in [5.74, 6) is 0. The van der Waals surface area contributed by atoms with Gasteiger partial charge in [-0.15, -0.1) is 0 Å². The number of halogens is 4. The summed E-state index contributed by atoms with van der Waals surface area (Å²) in [6.45, 7) is 0. The zero-order valence-corrected chi connectivity index (χ0v) is 5.89. The SMILES string of the molecule is FC(F)(F)c1nc(Cl)ns1. The molecule has 1 aromatic heterocycles. The molecule has 0 N–H and O–H groups in total. The van der Waals surface area contributed by atoms with Gasteiger partial charge in [0.1, 0.15) is 0 Å². The molecular weight excluding hydrogens is 189 g/mol. The fraction of sp³-hybridized carbons (Fsp3) is 0.333. The van der Waals surface area contributed by atoms with Gasteiger partial charge in [-0.1, -0.05) is 0 Å². The topological polar surface area (TPSA) is 25.8 Å². The number of aromatic nitrogens is 2. The number of rotatable bonds is 0. The number of hydrogen-bond acceptors (Lipinski definition) is 3. The van der Waals surface area contributed by atoms with E-state index >= 15 is 0 Å². The van der Waals surface area contributed by atoms with Crippen molar-refractivity contribution in [2.45, 2.75) is 6.18 Å². The minimum atomic E-state index is -4.43. The van der Waals surface area contributed by atoms with Crippen molar-refractivity contribution in [3.05, 3.63) is 10.3 Å². The van der Waals surface area contributed by atoms with Crippen LogP contribution in [-0.4, -0.2) is 9.36 Å². The van der Waals surface area contributed by atoms with Crippen molar-refractivity contribution in [3.63, 3.8) is 0 Å². The molecule has 56 valence electrons. The molecule has 10 heavy (non-hydrogen) atoms. The van der Waals surface area contributed by atoms with Crippen LogP contribution in [0.5, 0.6) is 0 Å². The Morgan fingerprint density at radius 1 is 1.40 bits per heavy atom. The second-order valence-electron chi connectivity index (χ2n) is 1.37. The maximum atomic E-state index is 11.7. The van der Waals surface area contributed by atoms with E-state index in [1.165, 1.54) is 0 Å². The molecule has 0 atom stereocenters. The average molecular weight is 189 g/mol. The summed E-state index contributed by atoms with van der Waals surface area (Å²) < 4.78 is 38.1. The Kier molecular flexibility index (Phi) is 1.82. The summed E-state index contributed by atoms with van der Waals surface area (Å²) in [6.07, 6.45) is -4.43. The molecule has 0 aliphatic rings. The zero-order chi connectivity index (χ0) is 7.78. The zero-order valence-electron chi connectivity index (χ0n) is 4.31. The van der Waals surface area contributed by atoms with E-state index in [9.17, 15) is 13.2 Å². The maximum Gasteiger partial charge on any atom is 0.444 e. The van der Waals surface area contributed by atoms with E-state index in [4.69, 9.17) is 11.6 Å². The van der Waals surface area contributed by atoms with E-state index in [1.807, 2.05) is 0 Å². The maximum absolute atomic E-state index is 11.7. The van der Waals surface area contributed by atoms with E-state index in [2.05, 4.69) is 9.36 Å². The van der Waals surface area contributed by atoms with Gasteiger partial charge in [0.2, 0.25) is 10.3 Å². The molecule has 2 nitrogen and oxygen atoms in total. The molecule has 0 unspecified atom stereocenters. The van der Waals surface area contributed by atoms with Gasteiger partial charge in [0.15, 0.2) is 0 Å². The molecule has 1 aromatic rings. The Hall–Kier alpha value is -0.360. The monoisotopic (exact) mass is 188 g/mol. The highest BCUT2D eigenvalue weighted by atomic mass is 35.5. The molecule has 0 radical (unpaired) electrons. The van der Waals surface area contributed by atoms with Crippen LogP contribution < -0.4 is 0 Å². The van der Waals surface area contributed by atoms with E-state index in [0.717, 1.165) is 0 Å². The third-order valence-electron chi connectivity index (χ3n) is 0.644. The first-order valence-electron chi connectivity index (χ1n) is 2.06. The third kappa shape index (κ3) is 1.57. The third-order valence-corrected chi connectivity index (χ3v) is 1.67. The van der Waals surface area contributed by atoms with Gasteiger partial charge in [0, 0.05) is 0 Å². The number of nitrogens with zero attached hydrogens (tertiary/aromatic N) is 2. The highest BCUT2D eigenvalue weighted by Crippen LogP contribution is 2.30. The highest BCUT2D eigenvalue weighted by Gasteiger charge is 2.35. The lowest BCUT2D eigenvalue weighted by molar-refractivity contribution is -0.137. The van der Waals surface area contributed by atoms with Gasteiger partial charge in [-0.25, -0.2) is 4.98 Å². The van der Waals surface area contributed by atoms with Crippen LogP contribution >= 0.6 is 23.1 Å². The van der Waals surface area contributed by atoms with Crippen molar-refractivity contribution in [2.75, 3.05) is 0 Å². The minimum absolute atomic E-state index is 0.238. The molecule has 0 fully saturated rings. The van der Waals surface area contributed by atoms with Crippen LogP contribution in [0.1, 0.15) is 5.01 Å². The van der Waals surface area contributed by atoms with Crippen LogP contribution in [0.2, 0.25) is 5.28 Å². The van der Waals surface area contributed by atoms with Crippen molar-refractivity contribution in [2.24, 2.45) is 0 Å². The first-order valence-corrected chi connectivity index (χ1v) is 3.21. The average Bonchev–Trinajstić information content (AvgIpc) is 2.11. The second-order valence-corrected chi connectivity index (χ2v) is 2.46. The van der Waals surface area contributed by atoms with Crippen LogP contribution in [0.4, 0.5) is 13.2 Å². The standard InChI is InChI=1S/C3ClF3N2S/c4-2-8-1(10-9-2)3(5,6)7. The fourth-order valence-corrected chi connectivity index (χ4v) is 0.992. The molecule has 0 aliphatic heterocycles. The van der Waals surface area contributed by atoms with Crippen LogP contribution in [0, 0.1) is 0 Å². The molecular formula is C3ClF3N2S. The van der Waals surface area contributed by atoms with Gasteiger partial charge in [-0.3, -0.25) is 0 Å². The van der Waals surface area contributed by atoms with Crippen LogP contribution in [0.15, 0.2) is 0 Å². The molecule has 1 rings (SSSR count). The first kappa shape index (κ1) is 7.74. The van der Waals surface area contributed by atoms with E-state index < -0.39 is 11.2 Å². The molecule has 0 amide bonds. The molecule has 0 saturated heterocycles. The summed E-state index contributed by atoms with van der Waals surface area (Å²) in [5, 5.41) is -1.38. The van der Waals surface area contributed by atoms with Crippen molar-refractivity contribution in [1.82, 2.24) is 9.36 Å². The van der Waals surface area contributed by atoms with Gasteiger partial charge in [-0.2, -0.15) is 17.5 Å². The molecule has 1 heterocycles. The van der Waals surface area contributed by atoms with E-state index in [0.29, 0.717) is 0 Å². The fourth-order valence-electron chi connectivity index (χ4n) is 0.321. The minimum Gasteiger partial charge on any atom is -0.200 e. The molecule has 0 aliphatic carbocycles. The molecule has 7 heteroatoms. The van der Waals surface area contributed by atoms with E-state index in [-0.39, 0.29) is 16.8 Å². The van der Waals surface area contributed by atoms with Crippen molar-refractivity contribution in [3.8, 4) is 0 Å². The Balaban J connectivity index is 2.96. The van der Waals surface area contributed by atoms with Crippen LogP contribution in [-0.2, 0) is 6.18 Å². The van der Waals surface area contributed by atoms with E-state index in [1.54, 1.807) is 0 Å². The highest BCUT2D eigenvalue weighted by molar-refractivity contribution is 7.05. The lowest BCUT2D eigenvalue weighted by Gasteiger charge is -1.96. The normalized spacial score (nSPS) is 12.0. The lowest BCUT2D eigenvalue weighted by atomic mass is 10.7. The van der Waals surface area contributed by atoms with Gasteiger partial charge in [-0.05, 0) is 23.1 Å². The van der Waals surface area contributed by atoms with Gasteiger partial charge >= 0.3 is 6.18 Å². The summed E-state index contributed by atoms with van der Waals surface area (Å²) in [5.41, 5.74) is 0. The lowest BCUT2D eigenvalue weighted by Crippen LogP contribution is -2.03. The van der Waals surface area contributed by atoms with Crippen molar-refractivity contribution >= 4 is 23.1 Å². The predicted octanol–water partition coefficient (Wildman–Crippen LogP) is 2.21. The smallest absolute Gasteiger partial charge is 0.200 e. The number of alkyl halides is 3. The summed E-state index contributed by atoms with van der Waals surface area (Å²) >= 11 is 5.29. The van der Waals surface area contributed by atoms with Crippen molar-refractivity contribution < 1.29 is 13.2 Å². The Bertz CT molecular complexity index is 232. The Morgan fingerprint density at radius 2 is 2.00 bits per heavy atom. The Morgan fingerprint density at radius 3 is 2.20 bits per heavy atom. The molecule has 0 saturated carbocycles. The first-order chi connectivity index (χ1) is 4.50. The van der Waals surface area contributed by atoms with Crippen LogP contribution in [0.25, 0.3) is 0 Å². The van der Waals surface area contributed by atoms with Gasteiger partial charge < -0.3 is 0 Å². The molecule has 0 aromatic carbocycles. The molecule has 0 spiro atoms. The summed E-state index contributed by atoms with van der Waals surface area (Å²) in [6, 6.07) is 0. The predicted molar refractivity (Wildman–Crippen MR) is 29.9 cm³/mol. The van der Waals surface area contributed by atoms with Gasteiger partial charge in [0.25, 0.3) is 0 Å². The summed E-state index contributed by atoms with van der Waals surface area (Å²) in [7, 11) is 0. The summed E-state index contributed by atoms with van der Waals surface area (Å²) in [4.78, 5) is 2.93. The quantitative estimate of drug-likeness (QED) is 0.624. The van der Waals surface area contributed by atoms with Crippen molar-refractivity contribution in [1.29, 1.82) is 0 Å².